The van der Waals surface area contributed by atoms with Crippen LogP contribution in [0.1, 0.15) is 97.8 Å². The maximum atomic E-state index is 13.6. The highest BCUT2D eigenvalue weighted by Gasteiger charge is 2.68. The topological polar surface area (TPSA) is 132 Å². The number of carbonyl (C=O) groups is 1. The lowest BCUT2D eigenvalue weighted by molar-refractivity contribution is -0.292. The minimum atomic E-state index is -0.785. The van der Waals surface area contributed by atoms with E-state index in [-0.39, 0.29) is 103 Å². The highest BCUT2D eigenvalue weighted by atomic mass is 16.8. The van der Waals surface area contributed by atoms with E-state index in [1.807, 2.05) is 14.0 Å². The normalized spacial score (nSPS) is 48.7. The highest BCUT2D eigenvalue weighted by molar-refractivity contribution is 5.79. The van der Waals surface area contributed by atoms with E-state index in [2.05, 4.69) is 32.3 Å². The van der Waals surface area contributed by atoms with E-state index in [0.29, 0.717) is 44.6 Å². The first-order valence-electron chi connectivity index (χ1n) is 21.0. The molecule has 12 heteroatoms. The van der Waals surface area contributed by atoms with Crippen molar-refractivity contribution < 1.29 is 52.5 Å². The number of aliphatic hydroxyl groups is 1. The van der Waals surface area contributed by atoms with Crippen molar-refractivity contribution in [3.05, 3.63) is 24.3 Å². The summed E-state index contributed by atoms with van der Waals surface area (Å²) in [5.74, 6) is -0.264. The molecule has 9 saturated heterocycles. The molecular weight excluding hydrogens is 694 g/mol. The molecule has 19 atom stereocenters. The van der Waals surface area contributed by atoms with Gasteiger partial charge in [-0.2, -0.15) is 0 Å². The molecule has 9 rings (SSSR count). The second-order valence-electron chi connectivity index (χ2n) is 17.8. The van der Waals surface area contributed by atoms with Crippen molar-refractivity contribution in [3.8, 4) is 0 Å². The zero-order valence-electron chi connectivity index (χ0n) is 33.0. The van der Waals surface area contributed by atoms with Gasteiger partial charge in [0, 0.05) is 51.7 Å². The van der Waals surface area contributed by atoms with Crippen LogP contribution < -0.4 is 5.32 Å². The van der Waals surface area contributed by atoms with Crippen molar-refractivity contribution in [2.75, 3.05) is 20.7 Å². The van der Waals surface area contributed by atoms with E-state index < -0.39 is 11.9 Å². The molecule has 12 nitrogen and oxygen atoms in total. The molecular formula is C42H65NO11. The fourth-order valence-corrected chi connectivity index (χ4v) is 11.1. The van der Waals surface area contributed by atoms with Gasteiger partial charge in [-0.3, -0.25) is 4.79 Å². The maximum Gasteiger partial charge on any atom is 0.172 e. The first-order valence-corrected chi connectivity index (χ1v) is 21.0. The third-order valence-electron chi connectivity index (χ3n) is 14.0. The number of ether oxygens (including phenoxy) is 9. The zero-order valence-corrected chi connectivity index (χ0v) is 33.0. The van der Waals surface area contributed by atoms with Gasteiger partial charge in [-0.15, -0.1) is 0 Å². The van der Waals surface area contributed by atoms with E-state index in [1.165, 1.54) is 5.57 Å². The van der Waals surface area contributed by atoms with Crippen LogP contribution in [0, 0.1) is 11.8 Å². The van der Waals surface area contributed by atoms with Crippen LogP contribution in [-0.2, 0) is 47.4 Å². The van der Waals surface area contributed by atoms with Gasteiger partial charge in [0.1, 0.15) is 36.3 Å². The van der Waals surface area contributed by atoms with E-state index in [4.69, 9.17) is 42.6 Å². The van der Waals surface area contributed by atoms with Crippen molar-refractivity contribution in [1.29, 1.82) is 0 Å². The summed E-state index contributed by atoms with van der Waals surface area (Å²) >= 11 is 0. The Hall–Kier alpha value is -1.29. The van der Waals surface area contributed by atoms with Crippen LogP contribution in [0.4, 0.5) is 0 Å². The standard InChI is InChI=1S/C42H65NO11/c1-21-14-28(47-24(4)23(21)3)8-10-32-22(2)15-30(49-32)12-13-42-19-35-38(53-42)39-40(52-35)41(54-42)37-33(51-39)11-9-29(50-37)16-26(44)17-31-25(5)48-34(36(31)46-7)18-27(45)20-43-6/h21,24-25,27-41,43,45H,2-3,8-20H2,1,4-7H3/t21-,24-,25+,27+,28+,29-,30+,31+,32+,33+,34-,35-,36-,37?,38+,39+,40-,41+,42+/m1/s1. The summed E-state index contributed by atoms with van der Waals surface area (Å²) in [5, 5.41) is 13.4. The molecule has 0 aromatic heterocycles. The lowest BCUT2D eigenvalue weighted by Gasteiger charge is -2.47. The second-order valence-corrected chi connectivity index (χ2v) is 17.8. The summed E-state index contributed by atoms with van der Waals surface area (Å²) in [5.41, 5.74) is 2.35. The smallest absolute Gasteiger partial charge is 0.172 e. The first kappa shape index (κ1) is 39.5. The van der Waals surface area contributed by atoms with Crippen molar-refractivity contribution >= 4 is 5.78 Å². The minimum absolute atomic E-state index is 0.0430. The van der Waals surface area contributed by atoms with Gasteiger partial charge in [0.25, 0.3) is 0 Å². The van der Waals surface area contributed by atoms with Crippen molar-refractivity contribution in [2.45, 2.75) is 201 Å². The van der Waals surface area contributed by atoms with Gasteiger partial charge in [0.15, 0.2) is 5.79 Å². The summed E-state index contributed by atoms with van der Waals surface area (Å²) < 4.78 is 58.7. The predicted molar refractivity (Wildman–Crippen MR) is 198 cm³/mol. The van der Waals surface area contributed by atoms with Crippen LogP contribution >= 0.6 is 0 Å². The molecule has 0 aromatic rings. The fraction of sp³-hybridized carbons (Fsp3) is 0.881. The lowest BCUT2D eigenvalue weighted by atomic mass is 9.85. The Labute approximate surface area is 321 Å². The van der Waals surface area contributed by atoms with Gasteiger partial charge < -0.3 is 53.1 Å². The number of ketones is 1. The Morgan fingerprint density at radius 2 is 1.67 bits per heavy atom. The summed E-state index contributed by atoms with van der Waals surface area (Å²) in [6, 6.07) is 0. The molecule has 0 aromatic carbocycles. The third-order valence-corrected chi connectivity index (χ3v) is 14.0. The molecule has 9 fully saturated rings. The summed E-state index contributed by atoms with van der Waals surface area (Å²) in [4.78, 5) is 13.6. The average molecular weight is 760 g/mol. The molecule has 304 valence electrons. The van der Waals surface area contributed by atoms with Gasteiger partial charge in [-0.25, -0.2) is 0 Å². The maximum absolute atomic E-state index is 13.6. The van der Waals surface area contributed by atoms with Gasteiger partial charge in [0.05, 0.1) is 67.1 Å². The number of hydrogen-bond acceptors (Lipinski definition) is 12. The van der Waals surface area contributed by atoms with Crippen LogP contribution in [0.3, 0.4) is 0 Å². The van der Waals surface area contributed by atoms with Gasteiger partial charge in [-0.05, 0) is 82.9 Å². The van der Waals surface area contributed by atoms with Crippen LogP contribution in [0.5, 0.6) is 0 Å². The Kier molecular flexibility index (Phi) is 11.8. The molecule has 0 amide bonds. The Morgan fingerprint density at radius 1 is 0.889 bits per heavy atom. The number of carbonyl (C=O) groups excluding carboxylic acids is 1. The van der Waals surface area contributed by atoms with Gasteiger partial charge in [-0.1, -0.05) is 20.1 Å². The molecule has 0 saturated carbocycles. The Balaban J connectivity index is 0.853. The molecule has 2 N–H and O–H groups in total. The number of fused-ring (bicyclic) bond motifs is 1. The molecule has 0 radical (unpaired) electrons. The van der Waals surface area contributed by atoms with Crippen molar-refractivity contribution in [1.82, 2.24) is 5.32 Å². The Bertz CT molecular complexity index is 1370. The SMILES string of the molecule is C=C1C[C@H](CC[C@@]23C[C@H]4O[C@@H]5[C@@H](O[C@H]6CC[C@H](CC(=O)C[C@@H]7[C@@H](OC)[C@@H](C[C@H](O)CNC)O[C@H]7C)OC6[C@@H]5O2)[C@H]4O3)O[C@H]1CC[C@H]1C[C@@H](C)C(=C)[C@@H](C)O1. The summed E-state index contributed by atoms with van der Waals surface area (Å²) in [6.07, 6.45) is 6.06. The molecule has 9 aliphatic heterocycles. The number of likely N-dealkylation sites (N-methyl/N-ethyl adjacent to an activating group) is 1. The largest absolute Gasteiger partial charge is 0.392 e. The molecule has 9 heterocycles. The average Bonchev–Trinajstić information content (AvgIpc) is 3.80. The number of nitrogens with one attached hydrogen (secondary N) is 1. The number of hydrogen-bond donors (Lipinski definition) is 2. The number of aliphatic hydroxyl groups excluding tert-OH is 1. The Morgan fingerprint density at radius 3 is 2.44 bits per heavy atom. The number of methoxy groups -OCH3 is 1. The molecule has 6 bridgehead atoms. The van der Waals surface area contributed by atoms with Crippen LogP contribution in [0.25, 0.3) is 0 Å². The minimum Gasteiger partial charge on any atom is -0.392 e. The highest BCUT2D eigenvalue weighted by Crippen LogP contribution is 2.54. The zero-order chi connectivity index (χ0) is 37.9. The summed E-state index contributed by atoms with van der Waals surface area (Å²) in [7, 11) is 3.47. The van der Waals surface area contributed by atoms with Crippen molar-refractivity contribution in [3.63, 3.8) is 0 Å². The monoisotopic (exact) mass is 759 g/mol. The van der Waals surface area contributed by atoms with E-state index in [9.17, 15) is 9.90 Å². The van der Waals surface area contributed by atoms with E-state index in [1.54, 1.807) is 7.11 Å². The third kappa shape index (κ3) is 7.80. The second kappa shape index (κ2) is 16.2. The molecule has 9 aliphatic rings. The lowest BCUT2D eigenvalue weighted by Crippen LogP contribution is -2.61. The molecule has 54 heavy (non-hydrogen) atoms. The van der Waals surface area contributed by atoms with Crippen LogP contribution in [0.15, 0.2) is 24.3 Å². The molecule has 1 unspecified atom stereocenters. The summed E-state index contributed by atoms with van der Waals surface area (Å²) in [6.45, 7) is 15.4. The van der Waals surface area contributed by atoms with E-state index in [0.717, 1.165) is 50.5 Å². The van der Waals surface area contributed by atoms with Gasteiger partial charge >= 0.3 is 0 Å². The predicted octanol–water partition coefficient (Wildman–Crippen LogP) is 4.33. The van der Waals surface area contributed by atoms with Gasteiger partial charge in [0.2, 0.25) is 0 Å². The first-order chi connectivity index (χ1) is 25.9. The molecule has 0 spiro atoms. The van der Waals surface area contributed by atoms with Crippen molar-refractivity contribution in [2.24, 2.45) is 11.8 Å². The number of Topliss-reactive ketones (excluding diaryl/α,β-unsaturated/α-hetero) is 1. The molecule has 0 aliphatic carbocycles. The van der Waals surface area contributed by atoms with E-state index >= 15 is 0 Å². The number of rotatable bonds is 15. The quantitative estimate of drug-likeness (QED) is 0.231. The van der Waals surface area contributed by atoms with Crippen LogP contribution in [-0.4, -0.2) is 135 Å². The van der Waals surface area contributed by atoms with Crippen LogP contribution in [0.2, 0.25) is 0 Å². The fourth-order valence-electron chi connectivity index (χ4n) is 11.1.